The van der Waals surface area contributed by atoms with E-state index in [2.05, 4.69) is 0 Å². The number of rotatable bonds is 3. The van der Waals surface area contributed by atoms with Gasteiger partial charge in [0.2, 0.25) is 0 Å². The maximum atomic E-state index is 9.25. The molecular formula is C9H10BNO3. The topological polar surface area (TPSA) is 84.5 Å². The number of benzene rings is 1. The van der Waals surface area contributed by atoms with E-state index in [9.17, 15) is 5.11 Å². The van der Waals surface area contributed by atoms with Crippen molar-refractivity contribution in [3.05, 3.63) is 23.8 Å². The van der Waals surface area contributed by atoms with Gasteiger partial charge in [-0.2, -0.15) is 5.26 Å². The first kappa shape index (κ1) is 10.6. The summed E-state index contributed by atoms with van der Waals surface area (Å²) in [6.45, 7) is 0. The Morgan fingerprint density at radius 3 is 2.64 bits per heavy atom. The molecule has 0 aliphatic rings. The molecule has 0 amide bonds. The molecule has 0 bridgehead atoms. The third-order valence-electron chi connectivity index (χ3n) is 1.90. The number of aromatic hydroxyl groups is 1. The van der Waals surface area contributed by atoms with Crippen LogP contribution in [0.1, 0.15) is 12.0 Å². The second-order valence-electron chi connectivity index (χ2n) is 2.92. The Bertz CT molecular complexity index is 360. The van der Waals surface area contributed by atoms with Crippen molar-refractivity contribution in [3.63, 3.8) is 0 Å². The van der Waals surface area contributed by atoms with Gasteiger partial charge in [-0.15, -0.1) is 0 Å². The molecule has 0 atom stereocenters. The fourth-order valence-electron chi connectivity index (χ4n) is 1.17. The van der Waals surface area contributed by atoms with Crippen LogP contribution in [0.2, 0.25) is 0 Å². The molecule has 1 aromatic rings. The van der Waals surface area contributed by atoms with Crippen molar-refractivity contribution >= 4 is 12.6 Å². The molecule has 0 fully saturated rings. The Morgan fingerprint density at radius 1 is 1.36 bits per heavy atom. The molecule has 0 unspecified atom stereocenters. The highest BCUT2D eigenvalue weighted by Gasteiger charge is 2.15. The summed E-state index contributed by atoms with van der Waals surface area (Å²) >= 11 is 0. The van der Waals surface area contributed by atoms with Gasteiger partial charge in [0.15, 0.2) is 0 Å². The maximum Gasteiger partial charge on any atom is 0.492 e. The summed E-state index contributed by atoms with van der Waals surface area (Å²) < 4.78 is 0. The standard InChI is InChI=1S/C9H10BNO3/c11-5-1-2-7-3-4-9(12)8(6-7)10(13)14/h3-4,6,12-14H,1-2H2. The van der Waals surface area contributed by atoms with Crippen LogP contribution in [0.4, 0.5) is 0 Å². The van der Waals surface area contributed by atoms with Crippen molar-refractivity contribution in [2.24, 2.45) is 0 Å². The molecule has 0 aromatic heterocycles. The number of phenolic OH excluding ortho intramolecular Hbond substituents is 1. The van der Waals surface area contributed by atoms with Crippen LogP contribution in [-0.2, 0) is 6.42 Å². The average molecular weight is 191 g/mol. The van der Waals surface area contributed by atoms with E-state index >= 15 is 0 Å². The summed E-state index contributed by atoms with van der Waals surface area (Å²) in [6.07, 6.45) is 0.905. The van der Waals surface area contributed by atoms with Crippen molar-refractivity contribution in [1.29, 1.82) is 5.26 Å². The number of nitrogens with zero attached hydrogens (tertiary/aromatic N) is 1. The Kier molecular flexibility index (Phi) is 3.51. The van der Waals surface area contributed by atoms with Gasteiger partial charge in [0, 0.05) is 11.9 Å². The van der Waals surface area contributed by atoms with Crippen LogP contribution in [0.3, 0.4) is 0 Å². The minimum atomic E-state index is -1.68. The zero-order valence-electron chi connectivity index (χ0n) is 7.51. The SMILES string of the molecule is N#CCCc1ccc(O)c(B(O)O)c1. The van der Waals surface area contributed by atoms with E-state index in [4.69, 9.17) is 15.3 Å². The molecule has 0 saturated carbocycles. The quantitative estimate of drug-likeness (QED) is 0.563. The molecule has 0 aliphatic heterocycles. The summed E-state index contributed by atoms with van der Waals surface area (Å²) in [4.78, 5) is 0. The fraction of sp³-hybridized carbons (Fsp3) is 0.222. The second-order valence-corrected chi connectivity index (χ2v) is 2.92. The van der Waals surface area contributed by atoms with Crippen molar-refractivity contribution in [3.8, 4) is 11.8 Å². The molecule has 0 aliphatic carbocycles. The summed E-state index contributed by atoms with van der Waals surface area (Å²) in [5.41, 5.74) is 0.868. The summed E-state index contributed by atoms with van der Waals surface area (Å²) in [5, 5.41) is 35.4. The third kappa shape index (κ3) is 2.49. The van der Waals surface area contributed by atoms with Gasteiger partial charge in [0.1, 0.15) is 5.75 Å². The van der Waals surface area contributed by atoms with E-state index in [-0.39, 0.29) is 11.2 Å². The maximum absolute atomic E-state index is 9.25. The lowest BCUT2D eigenvalue weighted by atomic mass is 9.78. The lowest BCUT2D eigenvalue weighted by molar-refractivity contribution is 0.419. The van der Waals surface area contributed by atoms with E-state index in [1.165, 1.54) is 12.1 Å². The number of aryl methyl sites for hydroxylation is 1. The predicted molar refractivity (Wildman–Crippen MR) is 51.9 cm³/mol. The Morgan fingerprint density at radius 2 is 2.07 bits per heavy atom. The molecule has 3 N–H and O–H groups in total. The molecule has 0 spiro atoms. The molecule has 4 nitrogen and oxygen atoms in total. The van der Waals surface area contributed by atoms with Gasteiger partial charge in [-0.1, -0.05) is 12.1 Å². The van der Waals surface area contributed by atoms with Crippen LogP contribution in [0, 0.1) is 11.3 Å². The summed E-state index contributed by atoms with van der Waals surface area (Å²) in [7, 11) is -1.68. The van der Waals surface area contributed by atoms with Crippen LogP contribution >= 0.6 is 0 Å². The molecular weight excluding hydrogens is 181 g/mol. The highest BCUT2D eigenvalue weighted by Crippen LogP contribution is 2.09. The molecule has 5 heteroatoms. The van der Waals surface area contributed by atoms with E-state index in [0.717, 1.165) is 5.56 Å². The third-order valence-corrected chi connectivity index (χ3v) is 1.90. The van der Waals surface area contributed by atoms with E-state index in [1.54, 1.807) is 6.07 Å². The van der Waals surface area contributed by atoms with Crippen LogP contribution in [0.25, 0.3) is 0 Å². The van der Waals surface area contributed by atoms with Crippen LogP contribution in [-0.4, -0.2) is 22.3 Å². The van der Waals surface area contributed by atoms with Crippen molar-refractivity contribution < 1.29 is 15.2 Å². The molecule has 1 rings (SSSR count). The van der Waals surface area contributed by atoms with E-state index in [1.807, 2.05) is 6.07 Å². The van der Waals surface area contributed by atoms with Gasteiger partial charge in [-0.05, 0) is 18.1 Å². The molecule has 0 heterocycles. The lowest BCUT2D eigenvalue weighted by Gasteiger charge is -2.05. The lowest BCUT2D eigenvalue weighted by Crippen LogP contribution is -2.30. The van der Waals surface area contributed by atoms with Crippen LogP contribution in [0.5, 0.6) is 5.75 Å². The number of hydrogen-bond donors (Lipinski definition) is 3. The number of nitriles is 1. The molecule has 72 valence electrons. The average Bonchev–Trinajstić information content (AvgIpc) is 2.16. The van der Waals surface area contributed by atoms with Crippen LogP contribution < -0.4 is 5.46 Å². The molecule has 14 heavy (non-hydrogen) atoms. The van der Waals surface area contributed by atoms with Gasteiger partial charge < -0.3 is 15.2 Å². The first-order valence-electron chi connectivity index (χ1n) is 4.20. The second kappa shape index (κ2) is 4.65. The normalized spacial score (nSPS) is 9.50. The summed E-state index contributed by atoms with van der Waals surface area (Å²) in [5.74, 6) is -0.152. The largest absolute Gasteiger partial charge is 0.508 e. The first-order valence-corrected chi connectivity index (χ1v) is 4.20. The van der Waals surface area contributed by atoms with Crippen LogP contribution in [0.15, 0.2) is 18.2 Å². The van der Waals surface area contributed by atoms with Crippen molar-refractivity contribution in [2.75, 3.05) is 0 Å². The van der Waals surface area contributed by atoms with Gasteiger partial charge in [0.25, 0.3) is 0 Å². The Balaban J connectivity index is 2.90. The monoisotopic (exact) mass is 191 g/mol. The predicted octanol–water partition coefficient (Wildman–Crippen LogP) is -0.472. The molecule has 0 saturated heterocycles. The molecule has 1 aromatic carbocycles. The zero-order valence-corrected chi connectivity index (χ0v) is 7.51. The Hall–Kier alpha value is -1.51. The van der Waals surface area contributed by atoms with Crippen molar-refractivity contribution in [2.45, 2.75) is 12.8 Å². The number of hydrogen-bond acceptors (Lipinski definition) is 4. The highest BCUT2D eigenvalue weighted by atomic mass is 16.4. The van der Waals surface area contributed by atoms with Crippen molar-refractivity contribution in [1.82, 2.24) is 0 Å². The zero-order chi connectivity index (χ0) is 10.6. The van der Waals surface area contributed by atoms with Gasteiger partial charge in [-0.3, -0.25) is 0 Å². The minimum absolute atomic E-state index is 0.0699. The van der Waals surface area contributed by atoms with E-state index in [0.29, 0.717) is 12.8 Å². The highest BCUT2D eigenvalue weighted by molar-refractivity contribution is 6.59. The van der Waals surface area contributed by atoms with Gasteiger partial charge >= 0.3 is 7.12 Å². The van der Waals surface area contributed by atoms with Gasteiger partial charge in [-0.25, -0.2) is 0 Å². The van der Waals surface area contributed by atoms with E-state index < -0.39 is 7.12 Å². The Labute approximate surface area is 82.2 Å². The molecule has 0 radical (unpaired) electrons. The first-order chi connectivity index (χ1) is 6.65. The number of phenols is 1. The van der Waals surface area contributed by atoms with Gasteiger partial charge in [0.05, 0.1) is 6.07 Å². The fourth-order valence-corrected chi connectivity index (χ4v) is 1.17. The minimum Gasteiger partial charge on any atom is -0.508 e. The summed E-state index contributed by atoms with van der Waals surface area (Å²) in [6, 6.07) is 6.52. The smallest absolute Gasteiger partial charge is 0.492 e.